The first-order valence-electron chi connectivity index (χ1n) is 9.42. The van der Waals surface area contributed by atoms with Gasteiger partial charge in [-0.25, -0.2) is 4.98 Å². The van der Waals surface area contributed by atoms with Crippen molar-refractivity contribution in [2.45, 2.75) is 57.9 Å². The first-order chi connectivity index (χ1) is 12.3. The zero-order valence-corrected chi connectivity index (χ0v) is 17.3. The number of fused-ring (bicyclic) bond motifs is 1. The summed E-state index contributed by atoms with van der Waals surface area (Å²) in [6, 6.07) is 8.01. The lowest BCUT2D eigenvalue weighted by molar-refractivity contribution is -0.116. The summed E-state index contributed by atoms with van der Waals surface area (Å²) in [5, 5.41) is 2.98. The predicted molar refractivity (Wildman–Crippen MR) is 116 cm³/mol. The fourth-order valence-electron chi connectivity index (χ4n) is 3.38. The molecule has 0 saturated carbocycles. The SMILES string of the molecule is Cl.Cl.NCCCCCCC(=O)Nc1ccc(-c2ncc3n2CCCC3)cc1. The Hall–Kier alpha value is -1.56. The molecule has 2 heterocycles. The first-order valence-corrected chi connectivity index (χ1v) is 9.42. The highest BCUT2D eigenvalue weighted by Gasteiger charge is 2.15. The third-order valence-electron chi connectivity index (χ3n) is 4.79. The van der Waals surface area contributed by atoms with Crippen LogP contribution in [0.1, 0.15) is 50.6 Å². The molecule has 0 fully saturated rings. The number of aryl methyl sites for hydroxylation is 1. The maximum atomic E-state index is 12.0. The summed E-state index contributed by atoms with van der Waals surface area (Å²) in [5.41, 5.74) is 8.75. The molecule has 0 unspecified atom stereocenters. The maximum Gasteiger partial charge on any atom is 0.224 e. The van der Waals surface area contributed by atoms with E-state index in [0.717, 1.165) is 62.3 Å². The van der Waals surface area contributed by atoms with Crippen LogP contribution in [-0.2, 0) is 17.8 Å². The van der Waals surface area contributed by atoms with Crippen molar-refractivity contribution >= 4 is 36.4 Å². The Morgan fingerprint density at radius 1 is 1.07 bits per heavy atom. The molecular formula is C20H30Cl2N4O. The maximum absolute atomic E-state index is 12.0. The largest absolute Gasteiger partial charge is 0.330 e. The van der Waals surface area contributed by atoms with E-state index in [1.165, 1.54) is 18.5 Å². The molecule has 2 aromatic rings. The molecule has 3 rings (SSSR count). The number of benzene rings is 1. The topological polar surface area (TPSA) is 72.9 Å². The van der Waals surface area contributed by atoms with Gasteiger partial charge in [0.25, 0.3) is 0 Å². The number of hydrogen-bond acceptors (Lipinski definition) is 3. The average molecular weight is 413 g/mol. The lowest BCUT2D eigenvalue weighted by Crippen LogP contribution is -2.11. The third kappa shape index (κ3) is 6.52. The summed E-state index contributed by atoms with van der Waals surface area (Å²) in [6.07, 6.45) is 10.3. The van der Waals surface area contributed by atoms with Gasteiger partial charge in [-0.2, -0.15) is 0 Å². The standard InChI is InChI=1S/C20H28N4O.2ClH/c21-13-5-2-1-3-8-19(25)23-17-11-9-16(10-12-17)20-22-15-18-7-4-6-14-24(18)20;;/h9-12,15H,1-8,13-14,21H2,(H,23,25);2*1H. The minimum Gasteiger partial charge on any atom is -0.330 e. The van der Waals surface area contributed by atoms with Crippen molar-refractivity contribution in [1.82, 2.24) is 9.55 Å². The number of carbonyl (C=O) groups excluding carboxylic acids is 1. The summed E-state index contributed by atoms with van der Waals surface area (Å²) < 4.78 is 2.32. The molecule has 0 radical (unpaired) electrons. The van der Waals surface area contributed by atoms with Gasteiger partial charge in [0.05, 0.1) is 0 Å². The highest BCUT2D eigenvalue weighted by Crippen LogP contribution is 2.25. The number of unbranched alkanes of at least 4 members (excludes halogenated alkanes) is 3. The fourth-order valence-corrected chi connectivity index (χ4v) is 3.38. The fraction of sp³-hybridized carbons (Fsp3) is 0.500. The Balaban J connectivity index is 0.00000182. The van der Waals surface area contributed by atoms with E-state index in [-0.39, 0.29) is 30.7 Å². The van der Waals surface area contributed by atoms with Crippen LogP contribution in [0.25, 0.3) is 11.4 Å². The monoisotopic (exact) mass is 412 g/mol. The van der Waals surface area contributed by atoms with E-state index >= 15 is 0 Å². The van der Waals surface area contributed by atoms with Crippen LogP contribution < -0.4 is 11.1 Å². The number of imidazole rings is 1. The molecule has 7 heteroatoms. The van der Waals surface area contributed by atoms with E-state index in [1.54, 1.807) is 0 Å². The van der Waals surface area contributed by atoms with Gasteiger partial charge in [-0.3, -0.25) is 4.79 Å². The number of nitrogens with one attached hydrogen (secondary N) is 1. The first kappa shape index (κ1) is 23.5. The second-order valence-corrected chi connectivity index (χ2v) is 6.76. The van der Waals surface area contributed by atoms with Gasteiger partial charge in [0.15, 0.2) is 0 Å². The van der Waals surface area contributed by atoms with Crippen molar-refractivity contribution in [3.63, 3.8) is 0 Å². The van der Waals surface area contributed by atoms with E-state index in [2.05, 4.69) is 14.9 Å². The molecule has 0 saturated heterocycles. The van der Waals surface area contributed by atoms with Crippen molar-refractivity contribution in [2.24, 2.45) is 5.73 Å². The van der Waals surface area contributed by atoms with Gasteiger partial charge in [0.2, 0.25) is 5.91 Å². The Labute approximate surface area is 173 Å². The highest BCUT2D eigenvalue weighted by atomic mass is 35.5. The van der Waals surface area contributed by atoms with Crippen molar-refractivity contribution < 1.29 is 4.79 Å². The minimum atomic E-state index is 0. The summed E-state index contributed by atoms with van der Waals surface area (Å²) in [5.74, 6) is 1.12. The Bertz CT molecular complexity index is 701. The van der Waals surface area contributed by atoms with Crippen molar-refractivity contribution in [2.75, 3.05) is 11.9 Å². The van der Waals surface area contributed by atoms with Crippen molar-refractivity contribution in [3.8, 4) is 11.4 Å². The van der Waals surface area contributed by atoms with Crippen LogP contribution >= 0.6 is 24.8 Å². The second-order valence-electron chi connectivity index (χ2n) is 6.76. The molecule has 0 atom stereocenters. The van der Waals surface area contributed by atoms with E-state index < -0.39 is 0 Å². The molecule has 27 heavy (non-hydrogen) atoms. The van der Waals surface area contributed by atoms with Gasteiger partial charge in [-0.15, -0.1) is 24.8 Å². The van der Waals surface area contributed by atoms with Gasteiger partial charge in [0, 0.05) is 36.1 Å². The predicted octanol–water partition coefficient (Wildman–Crippen LogP) is 4.58. The van der Waals surface area contributed by atoms with Gasteiger partial charge in [0.1, 0.15) is 5.82 Å². The normalized spacial score (nSPS) is 12.5. The molecule has 3 N–H and O–H groups in total. The smallest absolute Gasteiger partial charge is 0.224 e. The van der Waals surface area contributed by atoms with Crippen molar-refractivity contribution in [1.29, 1.82) is 0 Å². The molecule has 1 aromatic carbocycles. The summed E-state index contributed by atoms with van der Waals surface area (Å²) in [7, 11) is 0. The number of carbonyl (C=O) groups is 1. The molecule has 5 nitrogen and oxygen atoms in total. The third-order valence-corrected chi connectivity index (χ3v) is 4.79. The highest BCUT2D eigenvalue weighted by molar-refractivity contribution is 5.90. The Kier molecular flexibility index (Phi) is 10.4. The zero-order valence-electron chi connectivity index (χ0n) is 15.7. The molecule has 1 aromatic heterocycles. The summed E-state index contributed by atoms with van der Waals surface area (Å²) in [4.78, 5) is 16.6. The van der Waals surface area contributed by atoms with E-state index in [1.807, 2.05) is 30.5 Å². The molecule has 1 aliphatic heterocycles. The molecule has 0 bridgehead atoms. The van der Waals surface area contributed by atoms with Crippen LogP contribution in [0, 0.1) is 0 Å². The van der Waals surface area contributed by atoms with Gasteiger partial charge < -0.3 is 15.6 Å². The van der Waals surface area contributed by atoms with E-state index in [0.29, 0.717) is 6.42 Å². The number of anilines is 1. The number of hydrogen-bond donors (Lipinski definition) is 2. The average Bonchev–Trinajstić information content (AvgIpc) is 3.06. The molecule has 0 spiro atoms. The minimum absolute atomic E-state index is 0. The molecule has 0 aliphatic carbocycles. The summed E-state index contributed by atoms with van der Waals surface area (Å²) in [6.45, 7) is 1.78. The number of amides is 1. The molecule has 150 valence electrons. The number of halogens is 2. The molecule has 1 aliphatic rings. The van der Waals surface area contributed by atoms with Crippen molar-refractivity contribution in [3.05, 3.63) is 36.2 Å². The molecular weight excluding hydrogens is 383 g/mol. The lowest BCUT2D eigenvalue weighted by atomic mass is 10.1. The quantitative estimate of drug-likeness (QED) is 0.623. The molecule has 1 amide bonds. The number of nitrogens with two attached hydrogens (primary N) is 1. The van der Waals surface area contributed by atoms with Crippen LogP contribution in [-0.4, -0.2) is 22.0 Å². The number of aromatic nitrogens is 2. The van der Waals surface area contributed by atoms with Gasteiger partial charge >= 0.3 is 0 Å². The van der Waals surface area contributed by atoms with E-state index in [9.17, 15) is 4.79 Å². The van der Waals surface area contributed by atoms with Crippen LogP contribution in [0.15, 0.2) is 30.5 Å². The lowest BCUT2D eigenvalue weighted by Gasteiger charge is -2.16. The van der Waals surface area contributed by atoms with Gasteiger partial charge in [-0.1, -0.05) is 12.8 Å². The van der Waals surface area contributed by atoms with Gasteiger partial charge in [-0.05, 0) is 62.9 Å². The Morgan fingerprint density at radius 3 is 2.56 bits per heavy atom. The Morgan fingerprint density at radius 2 is 1.81 bits per heavy atom. The summed E-state index contributed by atoms with van der Waals surface area (Å²) >= 11 is 0. The zero-order chi connectivity index (χ0) is 17.5. The number of nitrogens with zero attached hydrogens (tertiary/aromatic N) is 2. The van der Waals surface area contributed by atoms with E-state index in [4.69, 9.17) is 5.73 Å². The van der Waals surface area contributed by atoms with Crippen LogP contribution in [0.5, 0.6) is 0 Å². The second kappa shape index (κ2) is 12.0. The van der Waals surface area contributed by atoms with Crippen LogP contribution in [0.4, 0.5) is 5.69 Å². The van der Waals surface area contributed by atoms with Crippen LogP contribution in [0.3, 0.4) is 0 Å². The van der Waals surface area contributed by atoms with Crippen LogP contribution in [0.2, 0.25) is 0 Å². The number of rotatable bonds is 8.